The van der Waals surface area contributed by atoms with Crippen LogP contribution in [0, 0.1) is 0 Å². The first-order chi connectivity index (χ1) is 7.84. The van der Waals surface area contributed by atoms with Gasteiger partial charge in [0.2, 0.25) is 0 Å². The first-order valence-electron chi connectivity index (χ1n) is 5.83. The van der Waals surface area contributed by atoms with Crippen molar-refractivity contribution in [1.82, 2.24) is 10.3 Å². The van der Waals surface area contributed by atoms with E-state index in [1.165, 1.54) is 31.2 Å². The minimum absolute atomic E-state index is 0.555. The topological polar surface area (TPSA) is 24.9 Å². The summed E-state index contributed by atoms with van der Waals surface area (Å²) >= 11 is 5.72. The lowest BCUT2D eigenvalue weighted by molar-refractivity contribution is 0.674. The molecule has 0 radical (unpaired) electrons. The van der Waals surface area contributed by atoms with Gasteiger partial charge in [-0.2, -0.15) is 0 Å². The van der Waals surface area contributed by atoms with Crippen molar-refractivity contribution in [1.29, 1.82) is 0 Å². The fraction of sp³-hybridized carbons (Fsp3) is 0.462. The minimum Gasteiger partial charge on any atom is -0.312 e. The summed E-state index contributed by atoms with van der Waals surface area (Å²) in [6.45, 7) is 1.92. The van der Waals surface area contributed by atoms with Gasteiger partial charge in [0.1, 0.15) is 5.15 Å². The van der Waals surface area contributed by atoms with E-state index in [0.29, 0.717) is 5.15 Å². The summed E-state index contributed by atoms with van der Waals surface area (Å²) < 4.78 is 0. The Balaban J connectivity index is 1.66. The first kappa shape index (κ1) is 11.6. The Morgan fingerprint density at radius 2 is 2.31 bits per heavy atom. The highest BCUT2D eigenvalue weighted by Crippen LogP contribution is 2.19. The molecule has 86 valence electrons. The molecule has 16 heavy (non-hydrogen) atoms. The number of aromatic nitrogens is 1. The summed E-state index contributed by atoms with van der Waals surface area (Å²) in [4.78, 5) is 4.05. The van der Waals surface area contributed by atoms with Crippen LogP contribution in [0.3, 0.4) is 0 Å². The normalized spacial score (nSPS) is 15.2. The monoisotopic (exact) mass is 236 g/mol. The van der Waals surface area contributed by atoms with E-state index >= 15 is 0 Å². The Labute approximate surface area is 102 Å². The van der Waals surface area contributed by atoms with E-state index in [-0.39, 0.29) is 0 Å². The zero-order chi connectivity index (χ0) is 11.2. The van der Waals surface area contributed by atoms with Gasteiger partial charge in [0.25, 0.3) is 0 Å². The largest absolute Gasteiger partial charge is 0.312 e. The van der Waals surface area contributed by atoms with Crippen LogP contribution in [0.2, 0.25) is 5.15 Å². The minimum atomic E-state index is 0.555. The molecule has 1 aliphatic carbocycles. The van der Waals surface area contributed by atoms with Gasteiger partial charge in [-0.05, 0) is 43.9 Å². The molecule has 1 heterocycles. The van der Waals surface area contributed by atoms with Crippen molar-refractivity contribution in [3.8, 4) is 0 Å². The zero-order valence-corrected chi connectivity index (χ0v) is 10.1. The fourth-order valence-electron chi connectivity index (χ4n) is 1.96. The van der Waals surface area contributed by atoms with Crippen LogP contribution in [-0.2, 0) is 6.54 Å². The maximum absolute atomic E-state index is 5.72. The molecule has 0 amide bonds. The molecule has 0 saturated carbocycles. The summed E-state index contributed by atoms with van der Waals surface area (Å²) in [6, 6.07) is 3.84. The smallest absolute Gasteiger partial charge is 0.129 e. The van der Waals surface area contributed by atoms with Gasteiger partial charge in [-0.15, -0.1) is 0 Å². The average molecular weight is 237 g/mol. The van der Waals surface area contributed by atoms with E-state index in [9.17, 15) is 0 Å². The maximum atomic E-state index is 5.72. The second-order valence-corrected chi connectivity index (χ2v) is 4.56. The van der Waals surface area contributed by atoms with Crippen LogP contribution in [0.25, 0.3) is 0 Å². The van der Waals surface area contributed by atoms with Crippen molar-refractivity contribution in [3.05, 3.63) is 40.7 Å². The van der Waals surface area contributed by atoms with Gasteiger partial charge in [-0.25, -0.2) is 4.98 Å². The number of halogens is 1. The van der Waals surface area contributed by atoms with Crippen LogP contribution in [-0.4, -0.2) is 11.5 Å². The van der Waals surface area contributed by atoms with Gasteiger partial charge < -0.3 is 5.32 Å². The molecule has 0 aromatic carbocycles. The average Bonchev–Trinajstić information content (AvgIpc) is 2.80. The predicted octanol–water partition coefficient (Wildman–Crippen LogP) is 3.33. The summed E-state index contributed by atoms with van der Waals surface area (Å²) in [5, 5.41) is 3.98. The highest BCUT2D eigenvalue weighted by molar-refractivity contribution is 6.29. The Hall–Kier alpha value is -0.860. The lowest BCUT2D eigenvalue weighted by Crippen LogP contribution is -2.15. The summed E-state index contributed by atoms with van der Waals surface area (Å²) in [5.41, 5.74) is 2.80. The van der Waals surface area contributed by atoms with Crippen molar-refractivity contribution in [2.24, 2.45) is 0 Å². The molecule has 0 spiro atoms. The van der Waals surface area contributed by atoms with Gasteiger partial charge in [0.05, 0.1) is 0 Å². The molecule has 2 rings (SSSR count). The van der Waals surface area contributed by atoms with Crippen LogP contribution < -0.4 is 5.32 Å². The van der Waals surface area contributed by atoms with Crippen molar-refractivity contribution in [3.63, 3.8) is 0 Å². The Bertz CT molecular complexity index is 357. The molecule has 1 N–H and O–H groups in total. The third kappa shape index (κ3) is 3.62. The van der Waals surface area contributed by atoms with Crippen LogP contribution in [0.1, 0.15) is 31.2 Å². The lowest BCUT2D eigenvalue weighted by atomic mass is 10.1. The Kier molecular flexibility index (Phi) is 4.37. The Morgan fingerprint density at radius 3 is 3.00 bits per heavy atom. The quantitative estimate of drug-likeness (QED) is 0.482. The SMILES string of the molecule is Clc1ccc(CNCCC2=CCCC2)cn1. The summed E-state index contributed by atoms with van der Waals surface area (Å²) in [5.74, 6) is 0. The standard InChI is InChI=1S/C13H17ClN2/c14-13-6-5-12(10-16-13)9-15-8-7-11-3-1-2-4-11/h3,5-6,10,15H,1-2,4,7-9H2. The van der Waals surface area contributed by atoms with Crippen molar-refractivity contribution in [2.45, 2.75) is 32.2 Å². The first-order valence-corrected chi connectivity index (χ1v) is 6.21. The van der Waals surface area contributed by atoms with Crippen molar-refractivity contribution >= 4 is 11.6 Å². The molecule has 2 nitrogen and oxygen atoms in total. The van der Waals surface area contributed by atoms with E-state index < -0.39 is 0 Å². The molecule has 1 aromatic rings. The molecular formula is C13H17ClN2. The molecule has 0 unspecified atom stereocenters. The maximum Gasteiger partial charge on any atom is 0.129 e. The second-order valence-electron chi connectivity index (χ2n) is 4.17. The third-order valence-electron chi connectivity index (χ3n) is 2.88. The molecule has 1 aromatic heterocycles. The van der Waals surface area contributed by atoms with Gasteiger partial charge in [-0.3, -0.25) is 0 Å². The van der Waals surface area contributed by atoms with E-state index in [0.717, 1.165) is 13.1 Å². The number of nitrogens with one attached hydrogen (secondary N) is 1. The molecule has 0 bridgehead atoms. The van der Waals surface area contributed by atoms with Gasteiger partial charge >= 0.3 is 0 Å². The van der Waals surface area contributed by atoms with Gasteiger partial charge in [0, 0.05) is 12.7 Å². The molecule has 0 fully saturated rings. The highest BCUT2D eigenvalue weighted by atomic mass is 35.5. The zero-order valence-electron chi connectivity index (χ0n) is 9.38. The molecule has 0 atom stereocenters. The van der Waals surface area contributed by atoms with Gasteiger partial charge in [0.15, 0.2) is 0 Å². The number of pyridine rings is 1. The van der Waals surface area contributed by atoms with E-state index in [2.05, 4.69) is 16.4 Å². The van der Waals surface area contributed by atoms with Crippen LogP contribution in [0.5, 0.6) is 0 Å². The van der Waals surface area contributed by atoms with Crippen LogP contribution >= 0.6 is 11.6 Å². The van der Waals surface area contributed by atoms with E-state index in [4.69, 9.17) is 11.6 Å². The summed E-state index contributed by atoms with van der Waals surface area (Å²) in [7, 11) is 0. The number of hydrogen-bond donors (Lipinski definition) is 1. The molecule has 0 saturated heterocycles. The second kappa shape index (κ2) is 6.02. The van der Waals surface area contributed by atoms with Gasteiger partial charge in [-0.1, -0.05) is 29.3 Å². The molecule has 1 aliphatic rings. The number of allylic oxidation sites excluding steroid dienone is 1. The van der Waals surface area contributed by atoms with Crippen LogP contribution in [0.4, 0.5) is 0 Å². The molecule has 0 aliphatic heterocycles. The highest BCUT2D eigenvalue weighted by Gasteiger charge is 2.03. The predicted molar refractivity (Wildman–Crippen MR) is 67.5 cm³/mol. The van der Waals surface area contributed by atoms with Crippen molar-refractivity contribution in [2.75, 3.05) is 6.54 Å². The fourth-order valence-corrected chi connectivity index (χ4v) is 2.07. The van der Waals surface area contributed by atoms with E-state index in [1.807, 2.05) is 18.3 Å². The number of hydrogen-bond acceptors (Lipinski definition) is 2. The molecular weight excluding hydrogens is 220 g/mol. The van der Waals surface area contributed by atoms with Crippen molar-refractivity contribution < 1.29 is 0 Å². The summed E-state index contributed by atoms with van der Waals surface area (Å²) in [6.07, 6.45) is 9.30. The number of nitrogens with zero attached hydrogens (tertiary/aromatic N) is 1. The van der Waals surface area contributed by atoms with Crippen LogP contribution in [0.15, 0.2) is 30.0 Å². The Morgan fingerprint density at radius 1 is 1.38 bits per heavy atom. The lowest BCUT2D eigenvalue weighted by Gasteiger charge is -2.05. The molecule has 3 heteroatoms. The number of rotatable bonds is 5. The van der Waals surface area contributed by atoms with E-state index in [1.54, 1.807) is 5.57 Å². The third-order valence-corrected chi connectivity index (χ3v) is 3.10.